The van der Waals surface area contributed by atoms with Crippen LogP contribution in [0.25, 0.3) is 0 Å². The average molecular weight is 165 g/mol. The predicted molar refractivity (Wildman–Crippen MR) is 45.6 cm³/mol. The molecule has 0 aromatic heterocycles. The van der Waals surface area contributed by atoms with Gasteiger partial charge in [0.15, 0.2) is 0 Å². The Morgan fingerprint density at radius 3 is 2.75 bits per heavy atom. The smallest absolute Gasteiger partial charge is 0.243 e. The second-order valence-corrected chi connectivity index (χ2v) is 2.42. The number of nitrogens with zero attached hydrogens (tertiary/aromatic N) is 1. The number of rotatable bonds is 0. The summed E-state index contributed by atoms with van der Waals surface area (Å²) in [7, 11) is 0. The van der Waals surface area contributed by atoms with Gasteiger partial charge in [-0.25, -0.2) is 9.38 Å². The Balaban J connectivity index is 2.97. The molecule has 1 aliphatic carbocycles. The zero-order chi connectivity index (χ0) is 9.14. The van der Waals surface area contributed by atoms with E-state index in [1.807, 2.05) is 0 Å². The molecule has 0 heterocycles. The summed E-state index contributed by atoms with van der Waals surface area (Å²) in [6.45, 7) is 4.81. The first kappa shape index (κ1) is 8.59. The highest BCUT2D eigenvalue weighted by Crippen LogP contribution is 2.13. The van der Waals surface area contributed by atoms with Crippen LogP contribution in [0.3, 0.4) is 0 Å². The molecule has 1 aliphatic rings. The molecule has 0 aromatic carbocycles. The van der Waals surface area contributed by atoms with Gasteiger partial charge in [0.05, 0.1) is 0 Å². The van der Waals surface area contributed by atoms with Crippen LogP contribution in [0, 0.1) is 0 Å². The molecule has 3 heteroatoms. The SMILES string of the molecule is C=C1C=CC(=NC(C)=O)C(F)=C1. The van der Waals surface area contributed by atoms with Crippen molar-refractivity contribution < 1.29 is 9.18 Å². The van der Waals surface area contributed by atoms with Gasteiger partial charge < -0.3 is 0 Å². The summed E-state index contributed by atoms with van der Waals surface area (Å²) in [6.07, 6.45) is 4.27. The van der Waals surface area contributed by atoms with Crippen molar-refractivity contribution in [2.45, 2.75) is 6.92 Å². The van der Waals surface area contributed by atoms with Gasteiger partial charge in [-0.15, -0.1) is 0 Å². The van der Waals surface area contributed by atoms with Gasteiger partial charge in [-0.3, -0.25) is 4.79 Å². The third kappa shape index (κ3) is 1.99. The summed E-state index contributed by atoms with van der Waals surface area (Å²) in [6, 6.07) is 0. The van der Waals surface area contributed by atoms with E-state index in [0.29, 0.717) is 5.57 Å². The molecular formula is C9H8FNO. The Bertz CT molecular complexity index is 323. The fourth-order valence-corrected chi connectivity index (χ4v) is 0.811. The standard InChI is InChI=1S/C9H8FNO/c1-6-3-4-9(8(10)5-6)11-7(2)12/h3-5H,1H2,2H3. The molecule has 0 unspecified atom stereocenters. The van der Waals surface area contributed by atoms with Crippen molar-refractivity contribution in [2.24, 2.45) is 4.99 Å². The van der Waals surface area contributed by atoms with Crippen molar-refractivity contribution in [3.63, 3.8) is 0 Å². The van der Waals surface area contributed by atoms with Gasteiger partial charge in [0.25, 0.3) is 0 Å². The number of carbonyl (C=O) groups is 1. The van der Waals surface area contributed by atoms with Crippen molar-refractivity contribution in [3.8, 4) is 0 Å². The van der Waals surface area contributed by atoms with E-state index in [9.17, 15) is 9.18 Å². The fraction of sp³-hybridized carbons (Fsp3) is 0.111. The molecule has 0 N–H and O–H groups in total. The minimum atomic E-state index is -0.516. The van der Waals surface area contributed by atoms with E-state index in [1.54, 1.807) is 6.08 Å². The normalized spacial score (nSPS) is 19.7. The van der Waals surface area contributed by atoms with E-state index in [1.165, 1.54) is 19.1 Å². The monoisotopic (exact) mass is 165 g/mol. The van der Waals surface area contributed by atoms with Gasteiger partial charge in [-0.1, -0.05) is 12.7 Å². The summed E-state index contributed by atoms with van der Waals surface area (Å²) >= 11 is 0. The number of allylic oxidation sites excluding steroid dienone is 5. The second-order valence-electron chi connectivity index (χ2n) is 2.42. The number of aliphatic imine (C=N–C) groups is 1. The maximum atomic E-state index is 12.9. The third-order valence-electron chi connectivity index (χ3n) is 1.29. The van der Waals surface area contributed by atoms with Crippen molar-refractivity contribution in [3.05, 3.63) is 36.2 Å². The zero-order valence-electron chi connectivity index (χ0n) is 6.67. The van der Waals surface area contributed by atoms with Crippen molar-refractivity contribution in [1.29, 1.82) is 0 Å². The number of hydrogen-bond donors (Lipinski definition) is 0. The van der Waals surface area contributed by atoms with Crippen LogP contribution >= 0.6 is 0 Å². The van der Waals surface area contributed by atoms with E-state index < -0.39 is 11.7 Å². The average Bonchev–Trinajstić information content (AvgIpc) is 1.94. The van der Waals surface area contributed by atoms with E-state index in [0.717, 1.165) is 0 Å². The van der Waals surface area contributed by atoms with Crippen molar-refractivity contribution >= 4 is 11.6 Å². The summed E-state index contributed by atoms with van der Waals surface area (Å²) in [5.74, 6) is -0.927. The van der Waals surface area contributed by atoms with Crippen molar-refractivity contribution in [2.75, 3.05) is 0 Å². The van der Waals surface area contributed by atoms with Gasteiger partial charge >= 0.3 is 0 Å². The maximum Gasteiger partial charge on any atom is 0.243 e. The third-order valence-corrected chi connectivity index (χ3v) is 1.29. The first-order valence-corrected chi connectivity index (χ1v) is 3.43. The van der Waals surface area contributed by atoms with Crippen molar-refractivity contribution in [1.82, 2.24) is 0 Å². The van der Waals surface area contributed by atoms with Gasteiger partial charge in [-0.05, 0) is 17.7 Å². The summed E-state index contributed by atoms with van der Waals surface area (Å²) < 4.78 is 12.9. The topological polar surface area (TPSA) is 29.4 Å². The van der Waals surface area contributed by atoms with E-state index in [-0.39, 0.29) is 5.71 Å². The van der Waals surface area contributed by atoms with Crippen LogP contribution in [0.2, 0.25) is 0 Å². The molecule has 0 fully saturated rings. The molecule has 0 spiro atoms. The maximum absolute atomic E-state index is 12.9. The lowest BCUT2D eigenvalue weighted by Crippen LogP contribution is -2.02. The highest BCUT2D eigenvalue weighted by Gasteiger charge is 2.08. The lowest BCUT2D eigenvalue weighted by molar-refractivity contribution is -0.115. The summed E-state index contributed by atoms with van der Waals surface area (Å²) in [5.41, 5.74) is 0.630. The number of halogens is 1. The molecule has 0 saturated heterocycles. The Hall–Kier alpha value is -1.51. The Labute approximate surface area is 69.8 Å². The zero-order valence-corrected chi connectivity index (χ0v) is 6.67. The van der Waals surface area contributed by atoms with Gasteiger partial charge in [0.2, 0.25) is 5.91 Å². The van der Waals surface area contributed by atoms with Gasteiger partial charge in [0, 0.05) is 6.92 Å². The van der Waals surface area contributed by atoms with Crippen LogP contribution < -0.4 is 0 Å². The number of amides is 1. The number of carbonyl (C=O) groups excluding carboxylic acids is 1. The first-order chi connectivity index (χ1) is 5.59. The highest BCUT2D eigenvalue weighted by atomic mass is 19.1. The van der Waals surface area contributed by atoms with Crippen LogP contribution in [0.5, 0.6) is 0 Å². The minimum Gasteiger partial charge on any atom is -0.273 e. The Morgan fingerprint density at radius 2 is 2.25 bits per heavy atom. The Kier molecular flexibility index (Phi) is 2.33. The lowest BCUT2D eigenvalue weighted by Gasteiger charge is -2.02. The molecule has 62 valence electrons. The molecule has 0 saturated carbocycles. The quantitative estimate of drug-likeness (QED) is 0.539. The molecule has 12 heavy (non-hydrogen) atoms. The molecule has 0 bridgehead atoms. The van der Waals surface area contributed by atoms with Gasteiger partial charge in [0.1, 0.15) is 11.5 Å². The first-order valence-electron chi connectivity index (χ1n) is 3.43. The van der Waals surface area contributed by atoms with Crippen LogP contribution in [-0.2, 0) is 4.79 Å². The second kappa shape index (κ2) is 3.26. The number of hydrogen-bond acceptors (Lipinski definition) is 1. The molecule has 2 nitrogen and oxygen atoms in total. The molecule has 1 amide bonds. The van der Waals surface area contributed by atoms with E-state index in [2.05, 4.69) is 11.6 Å². The molecule has 0 aromatic rings. The molecule has 0 aliphatic heterocycles. The summed E-state index contributed by atoms with van der Waals surface area (Å²) in [4.78, 5) is 14.0. The molecule has 1 rings (SSSR count). The van der Waals surface area contributed by atoms with Crippen LogP contribution in [-0.4, -0.2) is 11.6 Å². The highest BCUT2D eigenvalue weighted by molar-refractivity contribution is 6.12. The predicted octanol–water partition coefficient (Wildman–Crippen LogP) is 1.95. The molecular weight excluding hydrogens is 157 g/mol. The van der Waals surface area contributed by atoms with E-state index >= 15 is 0 Å². The Morgan fingerprint density at radius 1 is 1.58 bits per heavy atom. The molecule has 0 radical (unpaired) electrons. The molecule has 0 atom stereocenters. The van der Waals surface area contributed by atoms with Gasteiger partial charge in [-0.2, -0.15) is 0 Å². The van der Waals surface area contributed by atoms with Crippen LogP contribution in [0.1, 0.15) is 6.92 Å². The van der Waals surface area contributed by atoms with Crippen LogP contribution in [0.15, 0.2) is 41.2 Å². The fourth-order valence-electron chi connectivity index (χ4n) is 0.811. The largest absolute Gasteiger partial charge is 0.273 e. The van der Waals surface area contributed by atoms with E-state index in [4.69, 9.17) is 0 Å². The lowest BCUT2D eigenvalue weighted by atomic mass is 10.1. The minimum absolute atomic E-state index is 0.0647. The summed E-state index contributed by atoms with van der Waals surface area (Å²) in [5, 5.41) is 0. The van der Waals surface area contributed by atoms with Crippen LogP contribution in [0.4, 0.5) is 4.39 Å².